The van der Waals surface area contributed by atoms with Crippen molar-refractivity contribution in [3.8, 4) is 5.75 Å². The Labute approximate surface area is 125 Å². The summed E-state index contributed by atoms with van der Waals surface area (Å²) in [5.41, 5.74) is 6.25. The van der Waals surface area contributed by atoms with Gasteiger partial charge in [-0.25, -0.2) is 4.39 Å². The van der Waals surface area contributed by atoms with Crippen LogP contribution in [-0.2, 0) is 0 Å². The molecule has 0 atom stereocenters. The standard InChI is InChI=1S/C13H18F3N3OS/c14-9-7-10(17)11(8-12(9)20-13(15)16)18-1-2-19-3-5-21-6-4-19/h7-8,13,18H,1-6,17H2. The van der Waals surface area contributed by atoms with Gasteiger partial charge in [-0.2, -0.15) is 20.5 Å². The summed E-state index contributed by atoms with van der Waals surface area (Å²) < 4.78 is 41.9. The fourth-order valence-corrected chi connectivity index (χ4v) is 3.06. The van der Waals surface area contributed by atoms with E-state index in [0.717, 1.165) is 37.2 Å². The third kappa shape index (κ3) is 4.89. The Morgan fingerprint density at radius 1 is 1.33 bits per heavy atom. The van der Waals surface area contributed by atoms with Gasteiger partial charge in [-0.3, -0.25) is 4.90 Å². The molecule has 0 radical (unpaired) electrons. The number of rotatable bonds is 6. The number of nitrogens with zero attached hydrogens (tertiary/aromatic N) is 1. The van der Waals surface area contributed by atoms with Gasteiger partial charge in [-0.15, -0.1) is 0 Å². The molecule has 4 nitrogen and oxygen atoms in total. The van der Waals surface area contributed by atoms with Crippen LogP contribution in [0.15, 0.2) is 12.1 Å². The van der Waals surface area contributed by atoms with Gasteiger partial charge in [0.1, 0.15) is 0 Å². The van der Waals surface area contributed by atoms with E-state index >= 15 is 0 Å². The second kappa shape index (κ2) is 7.65. The van der Waals surface area contributed by atoms with E-state index in [9.17, 15) is 13.2 Å². The first-order valence-corrected chi connectivity index (χ1v) is 7.79. The van der Waals surface area contributed by atoms with E-state index in [-0.39, 0.29) is 5.69 Å². The first-order valence-electron chi connectivity index (χ1n) is 6.64. The maximum absolute atomic E-state index is 13.4. The number of benzene rings is 1. The number of halogens is 3. The van der Waals surface area contributed by atoms with Gasteiger partial charge in [0.25, 0.3) is 0 Å². The van der Waals surface area contributed by atoms with Crippen LogP contribution in [0.5, 0.6) is 5.75 Å². The van der Waals surface area contributed by atoms with Crippen molar-refractivity contribution in [3.05, 3.63) is 17.9 Å². The Kier molecular flexibility index (Phi) is 5.86. The number of nitrogen functional groups attached to an aromatic ring is 1. The van der Waals surface area contributed by atoms with Crippen molar-refractivity contribution in [1.29, 1.82) is 0 Å². The van der Waals surface area contributed by atoms with Crippen molar-refractivity contribution in [1.82, 2.24) is 4.90 Å². The van der Waals surface area contributed by atoms with Gasteiger partial charge in [-0.05, 0) is 0 Å². The van der Waals surface area contributed by atoms with Crippen LogP contribution in [0.4, 0.5) is 24.5 Å². The molecule has 0 aliphatic carbocycles. The number of anilines is 2. The molecule has 0 unspecified atom stereocenters. The molecule has 3 N–H and O–H groups in total. The van der Waals surface area contributed by atoms with Crippen LogP contribution in [0, 0.1) is 5.82 Å². The number of ether oxygens (including phenoxy) is 1. The van der Waals surface area contributed by atoms with Crippen molar-refractivity contribution in [2.24, 2.45) is 0 Å². The molecule has 2 rings (SSSR count). The number of nitrogens with one attached hydrogen (secondary N) is 1. The van der Waals surface area contributed by atoms with Gasteiger partial charge < -0.3 is 15.8 Å². The highest BCUT2D eigenvalue weighted by Gasteiger charge is 2.14. The molecular weight excluding hydrogens is 303 g/mol. The second-order valence-corrected chi connectivity index (χ2v) is 5.85. The molecular formula is C13H18F3N3OS. The molecule has 0 amide bonds. The first-order chi connectivity index (χ1) is 10.1. The van der Waals surface area contributed by atoms with Crippen LogP contribution in [-0.4, -0.2) is 49.2 Å². The lowest BCUT2D eigenvalue weighted by molar-refractivity contribution is -0.0521. The highest BCUT2D eigenvalue weighted by atomic mass is 32.2. The lowest BCUT2D eigenvalue weighted by Crippen LogP contribution is -2.36. The van der Waals surface area contributed by atoms with Gasteiger partial charge in [0.2, 0.25) is 0 Å². The summed E-state index contributed by atoms with van der Waals surface area (Å²) in [7, 11) is 0. The minimum absolute atomic E-state index is 0.170. The normalized spacial score (nSPS) is 16.2. The summed E-state index contributed by atoms with van der Waals surface area (Å²) in [4.78, 5) is 2.31. The monoisotopic (exact) mass is 321 g/mol. The number of nitrogens with two attached hydrogens (primary N) is 1. The smallest absolute Gasteiger partial charge is 0.387 e. The van der Waals surface area contributed by atoms with Gasteiger partial charge >= 0.3 is 6.61 Å². The molecule has 0 bridgehead atoms. The molecule has 0 aromatic heterocycles. The maximum atomic E-state index is 13.4. The van der Waals surface area contributed by atoms with Crippen LogP contribution in [0.25, 0.3) is 0 Å². The minimum Gasteiger partial charge on any atom is -0.432 e. The largest absolute Gasteiger partial charge is 0.432 e. The van der Waals surface area contributed by atoms with Crippen molar-refractivity contribution in [2.45, 2.75) is 6.61 Å². The van der Waals surface area contributed by atoms with E-state index in [1.165, 1.54) is 6.07 Å². The minimum atomic E-state index is -3.07. The van der Waals surface area contributed by atoms with Crippen LogP contribution in [0.1, 0.15) is 0 Å². The third-order valence-electron chi connectivity index (χ3n) is 3.17. The molecule has 1 saturated heterocycles. The Hall–Kier alpha value is -1.28. The summed E-state index contributed by atoms with van der Waals surface area (Å²) >= 11 is 1.93. The molecule has 118 valence electrons. The molecule has 8 heteroatoms. The third-order valence-corrected chi connectivity index (χ3v) is 4.11. The van der Waals surface area contributed by atoms with E-state index in [1.807, 2.05) is 11.8 Å². The number of alkyl halides is 2. The Bertz CT molecular complexity index is 470. The molecule has 1 aromatic rings. The van der Waals surface area contributed by atoms with Crippen molar-refractivity contribution in [3.63, 3.8) is 0 Å². The quantitative estimate of drug-likeness (QED) is 0.788. The summed E-state index contributed by atoms with van der Waals surface area (Å²) in [6.45, 7) is 0.425. The summed E-state index contributed by atoms with van der Waals surface area (Å²) in [6, 6.07) is 2.15. The topological polar surface area (TPSA) is 50.5 Å². The van der Waals surface area contributed by atoms with Gasteiger partial charge in [-0.1, -0.05) is 0 Å². The summed E-state index contributed by atoms with van der Waals surface area (Å²) in [5.74, 6) is 0.832. The molecule has 1 heterocycles. The summed E-state index contributed by atoms with van der Waals surface area (Å²) in [6.07, 6.45) is 0. The summed E-state index contributed by atoms with van der Waals surface area (Å²) in [5, 5.41) is 3.04. The van der Waals surface area contributed by atoms with Gasteiger partial charge in [0.15, 0.2) is 11.6 Å². The van der Waals surface area contributed by atoms with Gasteiger partial charge in [0.05, 0.1) is 11.4 Å². The zero-order valence-electron chi connectivity index (χ0n) is 11.4. The predicted molar refractivity (Wildman–Crippen MR) is 79.7 cm³/mol. The Morgan fingerprint density at radius 2 is 2.05 bits per heavy atom. The highest BCUT2D eigenvalue weighted by Crippen LogP contribution is 2.29. The molecule has 1 aliphatic heterocycles. The van der Waals surface area contributed by atoms with Crippen LogP contribution in [0.2, 0.25) is 0 Å². The lowest BCUT2D eigenvalue weighted by Gasteiger charge is -2.26. The maximum Gasteiger partial charge on any atom is 0.387 e. The fraction of sp³-hybridized carbons (Fsp3) is 0.538. The SMILES string of the molecule is Nc1cc(F)c(OC(F)F)cc1NCCN1CCSCC1. The lowest BCUT2D eigenvalue weighted by atomic mass is 10.2. The number of hydrogen-bond acceptors (Lipinski definition) is 5. The molecule has 0 saturated carbocycles. The molecule has 21 heavy (non-hydrogen) atoms. The fourth-order valence-electron chi connectivity index (χ4n) is 2.08. The van der Waals surface area contributed by atoms with Crippen LogP contribution >= 0.6 is 11.8 Å². The van der Waals surface area contributed by atoms with E-state index < -0.39 is 18.2 Å². The number of thioether (sulfide) groups is 1. The average molecular weight is 321 g/mol. The van der Waals surface area contributed by atoms with E-state index in [2.05, 4.69) is 15.0 Å². The molecule has 0 spiro atoms. The van der Waals surface area contributed by atoms with Crippen molar-refractivity contribution < 1.29 is 17.9 Å². The predicted octanol–water partition coefficient (Wildman–Crippen LogP) is 2.47. The molecule has 1 aromatic carbocycles. The van der Waals surface area contributed by atoms with Crippen LogP contribution in [0.3, 0.4) is 0 Å². The van der Waals surface area contributed by atoms with Crippen LogP contribution < -0.4 is 15.8 Å². The van der Waals surface area contributed by atoms with Crippen molar-refractivity contribution >= 4 is 23.1 Å². The Morgan fingerprint density at radius 3 is 2.71 bits per heavy atom. The van der Waals surface area contributed by atoms with E-state index in [1.54, 1.807) is 0 Å². The van der Waals surface area contributed by atoms with E-state index in [4.69, 9.17) is 5.73 Å². The second-order valence-electron chi connectivity index (χ2n) is 4.63. The zero-order valence-corrected chi connectivity index (χ0v) is 12.3. The first kappa shape index (κ1) is 16.1. The van der Waals surface area contributed by atoms with Gasteiger partial charge in [0, 0.05) is 49.8 Å². The molecule has 1 fully saturated rings. The average Bonchev–Trinajstić information content (AvgIpc) is 2.44. The number of hydrogen-bond donors (Lipinski definition) is 2. The van der Waals surface area contributed by atoms with Crippen molar-refractivity contribution in [2.75, 3.05) is 48.7 Å². The zero-order chi connectivity index (χ0) is 15.2. The molecule has 1 aliphatic rings. The highest BCUT2D eigenvalue weighted by molar-refractivity contribution is 7.99. The Balaban J connectivity index is 1.92. The van der Waals surface area contributed by atoms with E-state index in [0.29, 0.717) is 12.2 Å².